The van der Waals surface area contributed by atoms with Crippen molar-refractivity contribution in [2.75, 3.05) is 6.61 Å². The highest BCUT2D eigenvalue weighted by molar-refractivity contribution is 5.35. The summed E-state index contributed by atoms with van der Waals surface area (Å²) in [5, 5.41) is 20.2. The van der Waals surface area contributed by atoms with Crippen molar-refractivity contribution in [2.45, 2.75) is 25.6 Å². The van der Waals surface area contributed by atoms with Gasteiger partial charge < -0.3 is 14.9 Å². The number of hydrogen-bond acceptors (Lipinski definition) is 3. The van der Waals surface area contributed by atoms with E-state index in [9.17, 15) is 10.2 Å². The first kappa shape index (κ1) is 14.6. The summed E-state index contributed by atoms with van der Waals surface area (Å²) in [6.07, 6.45) is -0.604. The number of benzene rings is 2. The fourth-order valence-corrected chi connectivity index (χ4v) is 2.06. The van der Waals surface area contributed by atoms with Gasteiger partial charge >= 0.3 is 0 Å². The molecule has 0 saturated heterocycles. The molecule has 0 aliphatic heterocycles. The molecule has 2 atom stereocenters. The van der Waals surface area contributed by atoms with Crippen LogP contribution in [0.4, 0.5) is 0 Å². The second-order valence-corrected chi connectivity index (χ2v) is 5.14. The summed E-state index contributed by atoms with van der Waals surface area (Å²) in [6.45, 7) is 3.53. The van der Waals surface area contributed by atoms with E-state index in [4.69, 9.17) is 4.74 Å². The monoisotopic (exact) mass is 272 g/mol. The van der Waals surface area contributed by atoms with E-state index in [1.54, 1.807) is 19.9 Å². The van der Waals surface area contributed by atoms with Crippen molar-refractivity contribution in [3.63, 3.8) is 0 Å². The van der Waals surface area contributed by atoms with E-state index in [1.807, 2.05) is 48.5 Å². The molecule has 20 heavy (non-hydrogen) atoms. The minimum Gasteiger partial charge on any atom is -0.490 e. The molecule has 2 N–H and O–H groups in total. The van der Waals surface area contributed by atoms with Gasteiger partial charge in [-0.1, -0.05) is 48.5 Å². The van der Waals surface area contributed by atoms with Crippen LogP contribution >= 0.6 is 0 Å². The highest BCUT2D eigenvalue weighted by Gasteiger charge is 2.24. The average Bonchev–Trinajstić information content (AvgIpc) is 2.46. The number of para-hydroxylation sites is 1. The Bertz CT molecular complexity index is 547. The molecule has 0 aliphatic rings. The largest absolute Gasteiger partial charge is 0.490 e. The van der Waals surface area contributed by atoms with E-state index in [2.05, 4.69) is 0 Å². The van der Waals surface area contributed by atoms with Gasteiger partial charge in [-0.3, -0.25) is 0 Å². The summed E-state index contributed by atoms with van der Waals surface area (Å²) in [7, 11) is 0. The zero-order valence-corrected chi connectivity index (χ0v) is 11.8. The third kappa shape index (κ3) is 3.38. The van der Waals surface area contributed by atoms with E-state index < -0.39 is 11.7 Å². The quantitative estimate of drug-likeness (QED) is 0.879. The average molecular weight is 272 g/mol. The highest BCUT2D eigenvalue weighted by atomic mass is 16.5. The fourth-order valence-electron chi connectivity index (χ4n) is 2.06. The predicted molar refractivity (Wildman–Crippen MR) is 78.6 cm³/mol. The van der Waals surface area contributed by atoms with E-state index in [-0.39, 0.29) is 6.61 Å². The molecule has 1 unspecified atom stereocenters. The lowest BCUT2D eigenvalue weighted by molar-refractivity contribution is 0.00657. The van der Waals surface area contributed by atoms with Gasteiger partial charge in [0.1, 0.15) is 18.0 Å². The molecule has 2 rings (SSSR count). The van der Waals surface area contributed by atoms with Crippen molar-refractivity contribution >= 4 is 0 Å². The Kier molecular flexibility index (Phi) is 4.42. The first-order valence-corrected chi connectivity index (χ1v) is 6.68. The molecule has 0 saturated carbocycles. The standard InChI is InChI=1S/C17H20O3/c1-13(18)15-10-6-7-11-16(15)20-12-17(2,19)14-8-4-3-5-9-14/h3-11,13,18-19H,12H2,1-2H3/t13-,17?/m0/s1. The molecule has 106 valence electrons. The Labute approximate surface area is 119 Å². The smallest absolute Gasteiger partial charge is 0.125 e. The van der Waals surface area contributed by atoms with E-state index >= 15 is 0 Å². The van der Waals surface area contributed by atoms with Crippen LogP contribution in [-0.2, 0) is 5.60 Å². The van der Waals surface area contributed by atoms with Gasteiger partial charge in [0.05, 0.1) is 6.10 Å². The molecule has 0 heterocycles. The lowest BCUT2D eigenvalue weighted by Gasteiger charge is -2.25. The van der Waals surface area contributed by atoms with Gasteiger partial charge in [-0.15, -0.1) is 0 Å². The van der Waals surface area contributed by atoms with Gasteiger partial charge in [-0.25, -0.2) is 0 Å². The number of aliphatic hydroxyl groups excluding tert-OH is 1. The van der Waals surface area contributed by atoms with Crippen LogP contribution in [0.3, 0.4) is 0 Å². The van der Waals surface area contributed by atoms with Crippen molar-refractivity contribution in [1.29, 1.82) is 0 Å². The molecule has 2 aromatic rings. The van der Waals surface area contributed by atoms with Crippen LogP contribution in [0.1, 0.15) is 31.1 Å². The summed E-state index contributed by atoms with van der Waals surface area (Å²) in [4.78, 5) is 0. The fraction of sp³-hybridized carbons (Fsp3) is 0.294. The first-order valence-electron chi connectivity index (χ1n) is 6.68. The van der Waals surface area contributed by atoms with Crippen LogP contribution in [-0.4, -0.2) is 16.8 Å². The minimum absolute atomic E-state index is 0.126. The molecule has 0 aromatic heterocycles. The van der Waals surface area contributed by atoms with E-state index in [0.717, 1.165) is 11.1 Å². The maximum Gasteiger partial charge on any atom is 0.125 e. The molecule has 0 amide bonds. The third-order valence-corrected chi connectivity index (χ3v) is 3.27. The summed E-state index contributed by atoms with van der Waals surface area (Å²) in [5.41, 5.74) is 0.443. The molecular formula is C17H20O3. The number of aliphatic hydroxyl groups is 2. The minimum atomic E-state index is -1.08. The molecule has 0 fully saturated rings. The normalized spacial score (nSPS) is 15.4. The Morgan fingerprint density at radius 2 is 1.65 bits per heavy atom. The maximum atomic E-state index is 10.5. The van der Waals surface area contributed by atoms with Gasteiger partial charge in [-0.05, 0) is 25.5 Å². The Morgan fingerprint density at radius 3 is 2.30 bits per heavy atom. The predicted octanol–water partition coefficient (Wildman–Crippen LogP) is 3.03. The van der Waals surface area contributed by atoms with Crippen LogP contribution < -0.4 is 4.74 Å². The third-order valence-electron chi connectivity index (χ3n) is 3.27. The molecule has 0 bridgehead atoms. The first-order chi connectivity index (χ1) is 9.50. The van der Waals surface area contributed by atoms with Crippen molar-refractivity contribution in [1.82, 2.24) is 0 Å². The zero-order valence-electron chi connectivity index (χ0n) is 11.8. The molecule has 3 heteroatoms. The molecular weight excluding hydrogens is 252 g/mol. The van der Waals surface area contributed by atoms with E-state index in [0.29, 0.717) is 5.75 Å². The molecule has 0 radical (unpaired) electrons. The lowest BCUT2D eigenvalue weighted by Crippen LogP contribution is -2.29. The van der Waals surface area contributed by atoms with Crippen molar-refractivity contribution in [3.8, 4) is 5.75 Å². The van der Waals surface area contributed by atoms with E-state index in [1.165, 1.54) is 0 Å². The zero-order chi connectivity index (χ0) is 14.6. The summed E-state index contributed by atoms with van der Waals surface area (Å²) >= 11 is 0. The van der Waals surface area contributed by atoms with Gasteiger partial charge in [0.2, 0.25) is 0 Å². The van der Waals surface area contributed by atoms with Crippen LogP contribution in [0, 0.1) is 0 Å². The maximum absolute atomic E-state index is 10.5. The van der Waals surface area contributed by atoms with Crippen LogP contribution in [0.5, 0.6) is 5.75 Å². The lowest BCUT2D eigenvalue weighted by atomic mass is 9.97. The molecule has 3 nitrogen and oxygen atoms in total. The Balaban J connectivity index is 2.13. The SMILES string of the molecule is C[C@H](O)c1ccccc1OCC(C)(O)c1ccccc1. The van der Waals surface area contributed by atoms with Gasteiger partial charge in [0.25, 0.3) is 0 Å². The van der Waals surface area contributed by atoms with Crippen molar-refractivity contribution in [2.24, 2.45) is 0 Å². The second-order valence-electron chi connectivity index (χ2n) is 5.14. The molecule has 2 aromatic carbocycles. The summed E-state index contributed by atoms with van der Waals surface area (Å²) < 4.78 is 5.71. The molecule has 0 spiro atoms. The number of ether oxygens (including phenoxy) is 1. The number of rotatable bonds is 5. The van der Waals surface area contributed by atoms with Crippen LogP contribution in [0.15, 0.2) is 54.6 Å². The summed E-state index contributed by atoms with van der Waals surface area (Å²) in [6, 6.07) is 16.7. The Hall–Kier alpha value is -1.84. The highest BCUT2D eigenvalue weighted by Crippen LogP contribution is 2.27. The van der Waals surface area contributed by atoms with Crippen LogP contribution in [0.2, 0.25) is 0 Å². The summed E-state index contributed by atoms with van der Waals surface area (Å²) in [5.74, 6) is 0.596. The second kappa shape index (κ2) is 6.07. The Morgan fingerprint density at radius 1 is 1.05 bits per heavy atom. The van der Waals surface area contributed by atoms with Crippen molar-refractivity contribution in [3.05, 3.63) is 65.7 Å². The van der Waals surface area contributed by atoms with Crippen molar-refractivity contribution < 1.29 is 14.9 Å². The van der Waals surface area contributed by atoms with Gasteiger partial charge in [-0.2, -0.15) is 0 Å². The van der Waals surface area contributed by atoms with Gasteiger partial charge in [0, 0.05) is 5.56 Å². The van der Waals surface area contributed by atoms with Crippen LogP contribution in [0.25, 0.3) is 0 Å². The topological polar surface area (TPSA) is 49.7 Å². The van der Waals surface area contributed by atoms with Gasteiger partial charge in [0.15, 0.2) is 0 Å². The number of hydrogen-bond donors (Lipinski definition) is 2. The molecule has 0 aliphatic carbocycles.